The molecule has 1 atom stereocenters. The Hall–Kier alpha value is -3.55. The highest BCUT2D eigenvalue weighted by Gasteiger charge is 2.31. The standard InChI is InChI=1S/C28H21FN2O2S2/c1-18(28(33)31-23-9-2-4-11-25(23)35-26-12-5-3-10-24(26)31)34-22-8-6-7-21(17-22)30-27(32)19-13-15-20(29)16-14-19/h2-18H,1H3,(H,30,32). The smallest absolute Gasteiger partial charge is 0.255 e. The molecule has 4 aromatic rings. The van der Waals surface area contributed by atoms with E-state index in [4.69, 9.17) is 0 Å². The van der Waals surface area contributed by atoms with E-state index in [9.17, 15) is 14.0 Å². The number of nitrogens with one attached hydrogen (secondary N) is 1. The molecule has 1 aliphatic heterocycles. The first-order chi connectivity index (χ1) is 17.0. The third-order valence-corrected chi connectivity index (χ3v) is 7.72. The Labute approximate surface area is 211 Å². The van der Waals surface area contributed by atoms with Gasteiger partial charge in [0.15, 0.2) is 0 Å². The molecule has 35 heavy (non-hydrogen) atoms. The molecule has 0 aromatic heterocycles. The van der Waals surface area contributed by atoms with Crippen molar-refractivity contribution in [3.63, 3.8) is 0 Å². The Morgan fingerprint density at radius 1 is 0.857 bits per heavy atom. The molecule has 1 unspecified atom stereocenters. The molecule has 4 aromatic carbocycles. The highest BCUT2D eigenvalue weighted by Crippen LogP contribution is 2.48. The van der Waals surface area contributed by atoms with Crippen LogP contribution in [0.3, 0.4) is 0 Å². The van der Waals surface area contributed by atoms with Gasteiger partial charge in [0.25, 0.3) is 5.91 Å². The van der Waals surface area contributed by atoms with Crippen molar-refractivity contribution in [2.45, 2.75) is 26.9 Å². The van der Waals surface area contributed by atoms with Crippen molar-refractivity contribution in [1.29, 1.82) is 0 Å². The Morgan fingerprint density at radius 2 is 1.49 bits per heavy atom. The number of thioether (sulfide) groups is 1. The van der Waals surface area contributed by atoms with E-state index in [1.165, 1.54) is 36.0 Å². The van der Waals surface area contributed by atoms with Gasteiger partial charge in [-0.2, -0.15) is 0 Å². The number of hydrogen-bond donors (Lipinski definition) is 1. The fourth-order valence-corrected chi connectivity index (χ4v) is 5.85. The summed E-state index contributed by atoms with van der Waals surface area (Å²) < 4.78 is 13.1. The lowest BCUT2D eigenvalue weighted by atomic mass is 10.2. The minimum Gasteiger partial charge on any atom is -0.322 e. The average Bonchev–Trinajstić information content (AvgIpc) is 2.87. The summed E-state index contributed by atoms with van der Waals surface area (Å²) in [5.41, 5.74) is 2.74. The number of carbonyl (C=O) groups excluding carboxylic acids is 2. The molecule has 1 aliphatic rings. The molecular formula is C28H21FN2O2S2. The Kier molecular flexibility index (Phi) is 6.61. The van der Waals surface area contributed by atoms with Crippen LogP contribution in [-0.2, 0) is 4.79 Å². The molecule has 0 saturated carbocycles. The zero-order valence-corrected chi connectivity index (χ0v) is 20.4. The summed E-state index contributed by atoms with van der Waals surface area (Å²) in [5.74, 6) is -0.734. The van der Waals surface area contributed by atoms with Gasteiger partial charge in [-0.1, -0.05) is 42.1 Å². The number of fused-ring (bicyclic) bond motifs is 2. The van der Waals surface area contributed by atoms with E-state index in [0.717, 1.165) is 26.1 Å². The van der Waals surface area contributed by atoms with Crippen LogP contribution in [-0.4, -0.2) is 17.1 Å². The second kappa shape index (κ2) is 9.98. The van der Waals surface area contributed by atoms with E-state index < -0.39 is 5.82 Å². The van der Waals surface area contributed by atoms with Gasteiger partial charge in [-0.25, -0.2) is 4.39 Å². The summed E-state index contributed by atoms with van der Waals surface area (Å²) in [6.07, 6.45) is 0. The third kappa shape index (κ3) is 4.97. The van der Waals surface area contributed by atoms with Crippen molar-refractivity contribution in [1.82, 2.24) is 0 Å². The van der Waals surface area contributed by atoms with Crippen LogP contribution in [0.1, 0.15) is 17.3 Å². The average molecular weight is 501 g/mol. The van der Waals surface area contributed by atoms with Crippen molar-refractivity contribution in [3.8, 4) is 0 Å². The van der Waals surface area contributed by atoms with Crippen LogP contribution in [0.15, 0.2) is 112 Å². The summed E-state index contributed by atoms with van der Waals surface area (Å²) in [5, 5.41) is 2.46. The number of anilines is 3. The van der Waals surface area contributed by atoms with Gasteiger partial charge in [0, 0.05) is 25.9 Å². The van der Waals surface area contributed by atoms with Crippen LogP contribution in [0, 0.1) is 5.82 Å². The Balaban J connectivity index is 1.34. The molecule has 0 bridgehead atoms. The number of hydrogen-bond acceptors (Lipinski definition) is 4. The third-order valence-electron chi connectivity index (χ3n) is 5.51. The predicted octanol–water partition coefficient (Wildman–Crippen LogP) is 7.39. The van der Waals surface area contributed by atoms with Crippen molar-refractivity contribution in [3.05, 3.63) is 108 Å². The van der Waals surface area contributed by atoms with Gasteiger partial charge in [-0.3, -0.25) is 14.5 Å². The SMILES string of the molecule is CC(Sc1cccc(NC(=O)c2ccc(F)cc2)c1)C(=O)N1c2ccccc2Sc2ccccc21. The zero-order chi connectivity index (χ0) is 24.4. The van der Waals surface area contributed by atoms with Crippen molar-refractivity contribution in [2.75, 3.05) is 10.2 Å². The molecule has 1 N–H and O–H groups in total. The second-order valence-corrected chi connectivity index (χ2v) is 10.5. The van der Waals surface area contributed by atoms with Gasteiger partial charge in [0.05, 0.1) is 16.6 Å². The van der Waals surface area contributed by atoms with E-state index in [0.29, 0.717) is 11.3 Å². The van der Waals surface area contributed by atoms with Crippen LogP contribution < -0.4 is 10.2 Å². The summed E-state index contributed by atoms with van der Waals surface area (Å²) in [7, 11) is 0. The van der Waals surface area contributed by atoms with Gasteiger partial charge in [0.1, 0.15) is 5.82 Å². The summed E-state index contributed by atoms with van der Waals surface area (Å²) in [6.45, 7) is 1.89. The molecule has 0 radical (unpaired) electrons. The minimum absolute atomic E-state index is 0.0176. The lowest BCUT2D eigenvalue weighted by Gasteiger charge is -2.32. The number of benzene rings is 4. The predicted molar refractivity (Wildman–Crippen MR) is 140 cm³/mol. The van der Waals surface area contributed by atoms with E-state index in [-0.39, 0.29) is 17.1 Å². The van der Waals surface area contributed by atoms with Gasteiger partial charge in [-0.05, 0) is 73.7 Å². The van der Waals surface area contributed by atoms with Gasteiger partial charge < -0.3 is 5.32 Å². The molecule has 4 nitrogen and oxygen atoms in total. The van der Waals surface area contributed by atoms with Gasteiger partial charge in [0.2, 0.25) is 5.91 Å². The minimum atomic E-state index is -0.392. The van der Waals surface area contributed by atoms with Crippen LogP contribution in [0.4, 0.5) is 21.5 Å². The van der Waals surface area contributed by atoms with Crippen LogP contribution in [0.2, 0.25) is 0 Å². The largest absolute Gasteiger partial charge is 0.322 e. The summed E-state index contributed by atoms with van der Waals surface area (Å²) in [6, 6.07) is 28.6. The van der Waals surface area contributed by atoms with Crippen LogP contribution >= 0.6 is 23.5 Å². The zero-order valence-electron chi connectivity index (χ0n) is 18.8. The van der Waals surface area contributed by atoms with Crippen LogP contribution in [0.25, 0.3) is 0 Å². The first kappa shape index (κ1) is 23.2. The molecule has 2 amide bonds. The molecule has 5 rings (SSSR count). The number of nitrogens with zero attached hydrogens (tertiary/aromatic N) is 1. The van der Waals surface area contributed by atoms with E-state index in [1.807, 2.05) is 73.7 Å². The second-order valence-electron chi connectivity index (χ2n) is 7.96. The highest BCUT2D eigenvalue weighted by molar-refractivity contribution is 8.00. The topological polar surface area (TPSA) is 49.4 Å². The van der Waals surface area contributed by atoms with E-state index in [2.05, 4.69) is 5.32 Å². The Morgan fingerprint density at radius 3 is 2.14 bits per heavy atom. The van der Waals surface area contributed by atoms with Gasteiger partial charge in [-0.15, -0.1) is 11.8 Å². The lowest BCUT2D eigenvalue weighted by molar-refractivity contribution is -0.117. The quantitative estimate of drug-likeness (QED) is 0.290. The molecule has 1 heterocycles. The maximum Gasteiger partial charge on any atom is 0.255 e. The number of para-hydroxylation sites is 2. The normalized spacial score (nSPS) is 12.9. The monoisotopic (exact) mass is 500 g/mol. The Bertz CT molecular complexity index is 1360. The maximum absolute atomic E-state index is 13.7. The molecule has 0 spiro atoms. The van der Waals surface area contributed by atoms with Gasteiger partial charge >= 0.3 is 0 Å². The van der Waals surface area contributed by atoms with Crippen molar-refractivity contribution >= 4 is 52.4 Å². The fourth-order valence-electron chi connectivity index (χ4n) is 3.83. The molecule has 0 aliphatic carbocycles. The van der Waals surface area contributed by atoms with Crippen molar-refractivity contribution < 1.29 is 14.0 Å². The number of halogens is 1. The molecule has 0 fully saturated rings. The first-order valence-electron chi connectivity index (χ1n) is 11.0. The number of rotatable bonds is 5. The van der Waals surface area contributed by atoms with Crippen LogP contribution in [0.5, 0.6) is 0 Å². The highest BCUT2D eigenvalue weighted by atomic mass is 32.2. The van der Waals surface area contributed by atoms with E-state index >= 15 is 0 Å². The summed E-state index contributed by atoms with van der Waals surface area (Å²) in [4.78, 5) is 31.0. The molecule has 174 valence electrons. The molecular weight excluding hydrogens is 479 g/mol. The van der Waals surface area contributed by atoms with Crippen molar-refractivity contribution in [2.24, 2.45) is 0 Å². The van der Waals surface area contributed by atoms with E-state index in [1.54, 1.807) is 22.7 Å². The summed E-state index contributed by atoms with van der Waals surface area (Å²) >= 11 is 3.10. The fraction of sp³-hybridized carbons (Fsp3) is 0.0714. The molecule has 0 saturated heterocycles. The molecule has 7 heteroatoms. The first-order valence-corrected chi connectivity index (χ1v) is 12.7. The number of carbonyl (C=O) groups is 2. The maximum atomic E-state index is 13.7. The number of amides is 2. The lowest BCUT2D eigenvalue weighted by Crippen LogP contribution is -2.34.